The zero-order valence-corrected chi connectivity index (χ0v) is 16.9. The van der Waals surface area contributed by atoms with Gasteiger partial charge in [-0.1, -0.05) is 44.2 Å². The number of hydrogen-bond acceptors (Lipinski definition) is 4. The molecule has 1 atom stereocenters. The Morgan fingerprint density at radius 3 is 2.54 bits per heavy atom. The smallest absolute Gasteiger partial charge is 0.257 e. The van der Waals surface area contributed by atoms with E-state index in [1.54, 1.807) is 22.0 Å². The maximum absolute atomic E-state index is 13.1. The average molecular weight is 391 g/mol. The van der Waals surface area contributed by atoms with Crippen LogP contribution in [-0.2, 0) is 0 Å². The van der Waals surface area contributed by atoms with Crippen molar-refractivity contribution in [1.82, 2.24) is 19.9 Å². The Morgan fingerprint density at radius 2 is 1.86 bits per heavy atom. The number of nitrogens with one attached hydrogen (secondary N) is 1. The third-order valence-electron chi connectivity index (χ3n) is 4.79. The van der Waals surface area contributed by atoms with Crippen molar-refractivity contribution in [1.29, 1.82) is 0 Å². The molecule has 142 valence electrons. The van der Waals surface area contributed by atoms with Gasteiger partial charge in [-0.2, -0.15) is 5.10 Å². The molecular weight excluding hydrogens is 368 g/mol. The van der Waals surface area contributed by atoms with Gasteiger partial charge in [0, 0.05) is 16.8 Å². The monoisotopic (exact) mass is 390 g/mol. The van der Waals surface area contributed by atoms with E-state index >= 15 is 0 Å². The average Bonchev–Trinajstić information content (AvgIpc) is 3.35. The van der Waals surface area contributed by atoms with Crippen molar-refractivity contribution in [2.24, 2.45) is 0 Å². The van der Waals surface area contributed by atoms with E-state index in [1.165, 1.54) is 5.56 Å². The maximum Gasteiger partial charge on any atom is 0.257 e. The number of thiophene rings is 1. The summed E-state index contributed by atoms with van der Waals surface area (Å²) < 4.78 is 1.62. The van der Waals surface area contributed by atoms with Crippen molar-refractivity contribution in [3.63, 3.8) is 0 Å². The van der Waals surface area contributed by atoms with Crippen molar-refractivity contribution < 1.29 is 4.79 Å². The molecule has 6 heteroatoms. The number of aromatic nitrogens is 3. The second kappa shape index (κ2) is 7.56. The highest BCUT2D eigenvalue weighted by Gasteiger charge is 2.22. The Morgan fingerprint density at radius 1 is 1.11 bits per heavy atom. The van der Waals surface area contributed by atoms with Crippen molar-refractivity contribution in [3.05, 3.63) is 87.5 Å². The molecule has 0 saturated heterocycles. The first kappa shape index (κ1) is 18.4. The number of carbonyl (C=O) groups excluding carboxylic acids is 1. The van der Waals surface area contributed by atoms with E-state index < -0.39 is 0 Å². The van der Waals surface area contributed by atoms with Gasteiger partial charge in [0.05, 0.1) is 12.2 Å². The summed E-state index contributed by atoms with van der Waals surface area (Å²) in [5.74, 6) is 0.288. The van der Waals surface area contributed by atoms with Crippen LogP contribution in [0.3, 0.4) is 0 Å². The minimum absolute atomic E-state index is 0.181. The number of aryl methyl sites for hydroxylation is 1. The molecule has 0 radical (unpaired) electrons. The number of benzene rings is 1. The molecule has 1 unspecified atom stereocenters. The Balaban J connectivity index is 1.67. The van der Waals surface area contributed by atoms with Crippen LogP contribution in [0.1, 0.15) is 57.9 Å². The fourth-order valence-corrected chi connectivity index (χ4v) is 3.98. The van der Waals surface area contributed by atoms with Crippen LogP contribution in [0.15, 0.2) is 60.2 Å². The number of fused-ring (bicyclic) bond motifs is 1. The highest BCUT2D eigenvalue weighted by molar-refractivity contribution is 7.10. The highest BCUT2D eigenvalue weighted by Crippen LogP contribution is 2.28. The van der Waals surface area contributed by atoms with Crippen molar-refractivity contribution in [3.8, 4) is 0 Å². The molecule has 0 aliphatic heterocycles. The third kappa shape index (κ3) is 3.55. The topological polar surface area (TPSA) is 59.3 Å². The van der Waals surface area contributed by atoms with Gasteiger partial charge in [-0.15, -0.1) is 11.3 Å². The number of rotatable bonds is 5. The standard InChI is InChI=1S/C22H22N4OS/c1-14(2)16-6-8-17(9-7-16)20(19-5-4-12-28-19)25-22(27)18-13-23-26-11-10-15(3)24-21(18)26/h4-14,20H,1-3H3,(H,25,27). The van der Waals surface area contributed by atoms with Gasteiger partial charge in [-0.3, -0.25) is 4.79 Å². The summed E-state index contributed by atoms with van der Waals surface area (Å²) >= 11 is 1.63. The molecule has 0 fully saturated rings. The van der Waals surface area contributed by atoms with Crippen LogP contribution >= 0.6 is 11.3 Å². The van der Waals surface area contributed by atoms with Crippen LogP contribution in [0, 0.1) is 6.92 Å². The predicted octanol–water partition coefficient (Wildman–Crippen LogP) is 4.74. The molecule has 1 aromatic carbocycles. The van der Waals surface area contributed by atoms with Crippen LogP contribution in [-0.4, -0.2) is 20.5 Å². The highest BCUT2D eigenvalue weighted by atomic mass is 32.1. The first-order chi connectivity index (χ1) is 13.5. The lowest BCUT2D eigenvalue weighted by Crippen LogP contribution is -2.28. The second-order valence-electron chi connectivity index (χ2n) is 7.14. The van der Waals surface area contributed by atoms with Crippen LogP contribution in [0.2, 0.25) is 0 Å². The van der Waals surface area contributed by atoms with E-state index in [0.29, 0.717) is 17.1 Å². The van der Waals surface area contributed by atoms with Crippen LogP contribution in [0.4, 0.5) is 0 Å². The van der Waals surface area contributed by atoms with E-state index in [2.05, 4.69) is 53.5 Å². The number of hydrogen-bond donors (Lipinski definition) is 1. The first-order valence-electron chi connectivity index (χ1n) is 9.28. The van der Waals surface area contributed by atoms with E-state index in [1.807, 2.05) is 36.7 Å². The third-order valence-corrected chi connectivity index (χ3v) is 5.73. The largest absolute Gasteiger partial charge is 0.340 e. The first-order valence-corrected chi connectivity index (χ1v) is 10.2. The number of nitrogens with zero attached hydrogens (tertiary/aromatic N) is 3. The molecule has 1 amide bonds. The van der Waals surface area contributed by atoms with E-state index in [9.17, 15) is 4.79 Å². The molecule has 5 nitrogen and oxygen atoms in total. The second-order valence-corrected chi connectivity index (χ2v) is 8.12. The maximum atomic E-state index is 13.1. The van der Waals surface area contributed by atoms with Gasteiger partial charge in [0.15, 0.2) is 5.65 Å². The molecule has 1 N–H and O–H groups in total. The van der Waals surface area contributed by atoms with Crippen LogP contribution in [0.25, 0.3) is 5.65 Å². The molecule has 0 saturated carbocycles. The quantitative estimate of drug-likeness (QED) is 0.535. The summed E-state index contributed by atoms with van der Waals surface area (Å²) in [7, 11) is 0. The normalized spacial score (nSPS) is 12.4. The lowest BCUT2D eigenvalue weighted by molar-refractivity contribution is 0.0945. The van der Waals surface area contributed by atoms with Gasteiger partial charge >= 0.3 is 0 Å². The Bertz CT molecular complexity index is 1100. The fraction of sp³-hybridized carbons (Fsp3) is 0.227. The SMILES string of the molecule is Cc1ccn2ncc(C(=O)NC(c3ccc(C(C)C)cc3)c3cccs3)c2n1. The summed E-state index contributed by atoms with van der Waals surface area (Å²) in [5.41, 5.74) is 4.23. The van der Waals surface area contributed by atoms with Gasteiger partial charge in [0.1, 0.15) is 5.56 Å². The fourth-order valence-electron chi connectivity index (χ4n) is 3.18. The molecule has 4 rings (SSSR count). The van der Waals surface area contributed by atoms with Crippen molar-refractivity contribution in [2.75, 3.05) is 0 Å². The van der Waals surface area contributed by atoms with Crippen molar-refractivity contribution >= 4 is 22.9 Å². The minimum atomic E-state index is -0.214. The lowest BCUT2D eigenvalue weighted by Gasteiger charge is -2.18. The molecule has 3 heterocycles. The Labute approximate surface area is 168 Å². The van der Waals surface area contributed by atoms with E-state index in [0.717, 1.165) is 16.1 Å². The molecular formula is C22H22N4OS. The molecule has 0 spiro atoms. The van der Waals surface area contributed by atoms with Crippen molar-refractivity contribution in [2.45, 2.75) is 32.7 Å². The predicted molar refractivity (Wildman–Crippen MR) is 112 cm³/mol. The molecule has 0 bridgehead atoms. The number of amides is 1. The van der Waals surface area contributed by atoms with Gasteiger partial charge in [-0.25, -0.2) is 9.50 Å². The van der Waals surface area contributed by atoms with Gasteiger partial charge in [-0.05, 0) is 41.5 Å². The molecule has 28 heavy (non-hydrogen) atoms. The Kier molecular flexibility index (Phi) is 4.96. The van der Waals surface area contributed by atoms with Crippen LogP contribution < -0.4 is 5.32 Å². The van der Waals surface area contributed by atoms with Crippen LogP contribution in [0.5, 0.6) is 0 Å². The summed E-state index contributed by atoms with van der Waals surface area (Å²) in [5, 5.41) is 9.45. The Hall–Kier alpha value is -2.99. The van der Waals surface area contributed by atoms with E-state index in [-0.39, 0.29) is 11.9 Å². The number of carbonyl (C=O) groups is 1. The van der Waals surface area contributed by atoms with Gasteiger partial charge in [0.25, 0.3) is 5.91 Å². The summed E-state index contributed by atoms with van der Waals surface area (Å²) in [6.45, 7) is 6.25. The van der Waals surface area contributed by atoms with E-state index in [4.69, 9.17) is 0 Å². The van der Waals surface area contributed by atoms with Gasteiger partial charge < -0.3 is 5.32 Å². The summed E-state index contributed by atoms with van der Waals surface area (Å²) in [4.78, 5) is 18.6. The molecule has 4 aromatic rings. The molecule has 0 aliphatic carbocycles. The van der Waals surface area contributed by atoms with Gasteiger partial charge in [0.2, 0.25) is 0 Å². The lowest BCUT2D eigenvalue weighted by atomic mass is 9.98. The molecule has 3 aromatic heterocycles. The zero-order chi connectivity index (χ0) is 19.7. The minimum Gasteiger partial charge on any atom is -0.340 e. The molecule has 0 aliphatic rings. The summed E-state index contributed by atoms with van der Waals surface area (Å²) in [6.07, 6.45) is 3.39. The zero-order valence-electron chi connectivity index (χ0n) is 16.1. The summed E-state index contributed by atoms with van der Waals surface area (Å²) in [6, 6.07) is 14.2.